The Bertz CT molecular complexity index is 449. The van der Waals surface area contributed by atoms with E-state index in [4.69, 9.17) is 4.74 Å². The predicted octanol–water partition coefficient (Wildman–Crippen LogP) is 1.99. The number of hydrogen-bond acceptors (Lipinski definition) is 2. The van der Waals surface area contributed by atoms with Crippen LogP contribution < -0.4 is 0 Å². The van der Waals surface area contributed by atoms with E-state index in [1.54, 1.807) is 0 Å². The van der Waals surface area contributed by atoms with Crippen molar-refractivity contribution in [3.8, 4) is 0 Å². The van der Waals surface area contributed by atoms with E-state index in [1.807, 2.05) is 29.2 Å². The summed E-state index contributed by atoms with van der Waals surface area (Å²) >= 11 is 3.48. The fourth-order valence-corrected chi connectivity index (χ4v) is 3.04. The summed E-state index contributed by atoms with van der Waals surface area (Å²) in [5.74, 6) is 0.215. The fraction of sp³-hybridized carbons (Fsp3) is 0.462. The van der Waals surface area contributed by atoms with Gasteiger partial charge < -0.3 is 9.64 Å². The highest BCUT2D eigenvalue weighted by atomic mass is 79.9. The molecule has 0 N–H and O–H groups in total. The topological polar surface area (TPSA) is 29.5 Å². The second kappa shape index (κ2) is 4.42. The smallest absolute Gasteiger partial charge is 0.227 e. The lowest BCUT2D eigenvalue weighted by Gasteiger charge is -2.27. The first kappa shape index (κ1) is 11.2. The Labute approximate surface area is 109 Å². The molecule has 2 saturated heterocycles. The first-order chi connectivity index (χ1) is 8.24. The van der Waals surface area contributed by atoms with Gasteiger partial charge in [-0.15, -0.1) is 0 Å². The summed E-state index contributed by atoms with van der Waals surface area (Å²) < 4.78 is 6.51. The van der Waals surface area contributed by atoms with E-state index in [9.17, 15) is 4.79 Å². The number of rotatable bonds is 2. The quantitative estimate of drug-likeness (QED) is 0.835. The molecule has 2 bridgehead atoms. The van der Waals surface area contributed by atoms with Gasteiger partial charge in [0.05, 0.1) is 25.2 Å². The molecule has 0 radical (unpaired) electrons. The summed E-state index contributed by atoms with van der Waals surface area (Å²) in [7, 11) is 0. The van der Waals surface area contributed by atoms with Gasteiger partial charge in [-0.05, 0) is 18.1 Å². The van der Waals surface area contributed by atoms with Crippen LogP contribution in [0.15, 0.2) is 28.7 Å². The molecule has 1 aromatic rings. The van der Waals surface area contributed by atoms with E-state index in [-0.39, 0.29) is 12.0 Å². The Hall–Kier alpha value is -0.870. The molecular weight excluding hydrogens is 282 g/mol. The second-order valence-corrected chi connectivity index (χ2v) is 5.51. The van der Waals surface area contributed by atoms with E-state index in [1.165, 1.54) is 0 Å². The Kier molecular flexibility index (Phi) is 2.92. The van der Waals surface area contributed by atoms with Crippen LogP contribution in [0.3, 0.4) is 0 Å². The molecule has 0 aromatic heterocycles. The third kappa shape index (κ3) is 2.11. The number of nitrogens with zero attached hydrogens (tertiary/aromatic N) is 1. The summed E-state index contributed by atoms with van der Waals surface area (Å²) in [4.78, 5) is 14.2. The predicted molar refractivity (Wildman–Crippen MR) is 67.7 cm³/mol. The van der Waals surface area contributed by atoms with Crippen LogP contribution in [0.5, 0.6) is 0 Å². The minimum atomic E-state index is 0.215. The third-order valence-electron chi connectivity index (χ3n) is 3.52. The van der Waals surface area contributed by atoms with Crippen molar-refractivity contribution in [1.29, 1.82) is 0 Å². The van der Waals surface area contributed by atoms with Crippen LogP contribution in [0.4, 0.5) is 0 Å². The summed E-state index contributed by atoms with van der Waals surface area (Å²) in [6.07, 6.45) is 1.77. The van der Waals surface area contributed by atoms with Crippen molar-refractivity contribution in [3.05, 3.63) is 34.3 Å². The zero-order valence-corrected chi connectivity index (χ0v) is 11.0. The molecule has 0 aliphatic carbocycles. The lowest BCUT2D eigenvalue weighted by molar-refractivity contribution is -0.134. The maximum atomic E-state index is 12.2. The number of carbonyl (C=O) groups excluding carboxylic acids is 1. The molecule has 1 aromatic carbocycles. The highest BCUT2D eigenvalue weighted by Gasteiger charge is 2.41. The first-order valence-corrected chi connectivity index (χ1v) is 6.68. The summed E-state index contributed by atoms with van der Waals surface area (Å²) in [5, 5.41) is 0. The number of carbonyl (C=O) groups is 1. The lowest BCUT2D eigenvalue weighted by atomic mass is 10.1. The molecule has 2 atom stereocenters. The van der Waals surface area contributed by atoms with Gasteiger partial charge in [-0.2, -0.15) is 0 Å². The molecule has 2 aliphatic rings. The lowest BCUT2D eigenvalue weighted by Crippen LogP contribution is -2.42. The van der Waals surface area contributed by atoms with Crippen LogP contribution >= 0.6 is 15.9 Å². The zero-order valence-electron chi connectivity index (χ0n) is 9.43. The van der Waals surface area contributed by atoms with Crippen LogP contribution in [0, 0.1) is 0 Å². The van der Waals surface area contributed by atoms with Crippen molar-refractivity contribution < 1.29 is 9.53 Å². The molecule has 90 valence electrons. The molecular formula is C13H14BrNO2. The van der Waals surface area contributed by atoms with Gasteiger partial charge in [0.2, 0.25) is 5.91 Å². The minimum absolute atomic E-state index is 0.215. The van der Waals surface area contributed by atoms with E-state index in [2.05, 4.69) is 15.9 Å². The summed E-state index contributed by atoms with van der Waals surface area (Å²) in [6, 6.07) is 8.21. The van der Waals surface area contributed by atoms with Crippen LogP contribution in [-0.4, -0.2) is 36.1 Å². The molecule has 0 spiro atoms. The number of benzene rings is 1. The number of likely N-dealkylation sites (tertiary alicyclic amines) is 1. The Morgan fingerprint density at radius 3 is 2.94 bits per heavy atom. The van der Waals surface area contributed by atoms with Crippen LogP contribution in [0.1, 0.15) is 12.0 Å². The number of amides is 1. The van der Waals surface area contributed by atoms with Crippen molar-refractivity contribution in [3.63, 3.8) is 0 Å². The molecule has 2 fully saturated rings. The number of ether oxygens (including phenoxy) is 1. The van der Waals surface area contributed by atoms with Crippen LogP contribution in [-0.2, 0) is 16.0 Å². The van der Waals surface area contributed by atoms with Gasteiger partial charge in [-0.1, -0.05) is 34.1 Å². The number of morpholine rings is 1. The number of halogens is 1. The van der Waals surface area contributed by atoms with Gasteiger partial charge in [0, 0.05) is 11.0 Å². The van der Waals surface area contributed by atoms with Crippen molar-refractivity contribution in [2.45, 2.75) is 25.0 Å². The molecule has 3 rings (SSSR count). The average molecular weight is 296 g/mol. The second-order valence-electron chi connectivity index (χ2n) is 4.66. The van der Waals surface area contributed by atoms with Gasteiger partial charge in [-0.3, -0.25) is 4.79 Å². The standard InChI is InChI=1S/C13H14BrNO2/c14-12-4-2-1-3-9(12)5-13(16)15-7-11-6-10(15)8-17-11/h1-4,10-11H,5-8H2/t10-,11+/m0/s1. The maximum absolute atomic E-state index is 12.2. The Morgan fingerprint density at radius 1 is 1.47 bits per heavy atom. The summed E-state index contributed by atoms with van der Waals surface area (Å²) in [5.41, 5.74) is 1.06. The van der Waals surface area contributed by atoms with Crippen LogP contribution in [0.2, 0.25) is 0 Å². The molecule has 1 amide bonds. The zero-order chi connectivity index (χ0) is 11.8. The monoisotopic (exact) mass is 295 g/mol. The molecule has 0 saturated carbocycles. The molecule has 2 aliphatic heterocycles. The fourth-order valence-electron chi connectivity index (χ4n) is 2.61. The largest absolute Gasteiger partial charge is 0.374 e. The highest BCUT2D eigenvalue weighted by Crippen LogP contribution is 2.28. The van der Waals surface area contributed by atoms with Gasteiger partial charge in [0.1, 0.15) is 0 Å². The highest BCUT2D eigenvalue weighted by molar-refractivity contribution is 9.10. The van der Waals surface area contributed by atoms with E-state index in [0.717, 1.165) is 23.0 Å². The molecule has 2 heterocycles. The maximum Gasteiger partial charge on any atom is 0.227 e. The van der Waals surface area contributed by atoms with Crippen molar-refractivity contribution in [1.82, 2.24) is 4.90 Å². The Morgan fingerprint density at radius 2 is 2.29 bits per heavy atom. The van der Waals surface area contributed by atoms with Crippen molar-refractivity contribution in [2.75, 3.05) is 13.2 Å². The van der Waals surface area contributed by atoms with E-state index in [0.29, 0.717) is 19.1 Å². The Balaban J connectivity index is 1.70. The molecule has 3 nitrogen and oxygen atoms in total. The molecule has 4 heteroatoms. The minimum Gasteiger partial charge on any atom is -0.374 e. The third-order valence-corrected chi connectivity index (χ3v) is 4.29. The van der Waals surface area contributed by atoms with E-state index >= 15 is 0 Å². The average Bonchev–Trinajstić information content (AvgIpc) is 2.94. The van der Waals surface area contributed by atoms with Crippen molar-refractivity contribution >= 4 is 21.8 Å². The summed E-state index contributed by atoms with van der Waals surface area (Å²) in [6.45, 7) is 1.49. The van der Waals surface area contributed by atoms with Gasteiger partial charge >= 0.3 is 0 Å². The van der Waals surface area contributed by atoms with Crippen LogP contribution in [0.25, 0.3) is 0 Å². The van der Waals surface area contributed by atoms with Gasteiger partial charge in [0.25, 0.3) is 0 Å². The van der Waals surface area contributed by atoms with Crippen molar-refractivity contribution in [2.24, 2.45) is 0 Å². The normalized spacial score (nSPS) is 26.5. The number of hydrogen-bond donors (Lipinski definition) is 0. The van der Waals surface area contributed by atoms with E-state index < -0.39 is 0 Å². The number of fused-ring (bicyclic) bond motifs is 2. The SMILES string of the molecule is O=C(Cc1ccccc1Br)N1C[C@H]2C[C@H]1CO2. The van der Waals surface area contributed by atoms with Gasteiger partial charge in [-0.25, -0.2) is 0 Å². The van der Waals surface area contributed by atoms with Gasteiger partial charge in [0.15, 0.2) is 0 Å². The molecule has 0 unspecified atom stereocenters. The molecule has 17 heavy (non-hydrogen) atoms. The first-order valence-electron chi connectivity index (χ1n) is 5.88.